The van der Waals surface area contributed by atoms with E-state index in [0.29, 0.717) is 0 Å². The third-order valence-corrected chi connectivity index (χ3v) is 0.854. The SMILES string of the molecule is [CH2-]CCCCC.[Zn+2]. The summed E-state index contributed by atoms with van der Waals surface area (Å²) in [7, 11) is 0. The van der Waals surface area contributed by atoms with Crippen LogP contribution in [-0.4, -0.2) is 0 Å². The molecule has 1 heteroatoms. The van der Waals surface area contributed by atoms with Crippen LogP contribution >= 0.6 is 0 Å². The zero-order valence-electron chi connectivity index (χ0n) is 5.24. The molecule has 0 amide bonds. The fourth-order valence-corrected chi connectivity index (χ4v) is 0.427. The van der Waals surface area contributed by atoms with Crippen molar-refractivity contribution in [2.75, 3.05) is 0 Å². The van der Waals surface area contributed by atoms with Gasteiger partial charge in [0.2, 0.25) is 0 Å². The minimum atomic E-state index is 0. The van der Waals surface area contributed by atoms with Crippen molar-refractivity contribution in [1.29, 1.82) is 0 Å². The van der Waals surface area contributed by atoms with Gasteiger partial charge < -0.3 is 6.92 Å². The van der Waals surface area contributed by atoms with E-state index in [0.717, 1.165) is 6.42 Å². The monoisotopic (exact) mass is 149 g/mol. The molecule has 0 aromatic rings. The molecule has 0 rings (SSSR count). The van der Waals surface area contributed by atoms with Gasteiger partial charge in [-0.15, -0.1) is 0 Å². The Morgan fingerprint density at radius 2 is 1.86 bits per heavy atom. The van der Waals surface area contributed by atoms with Crippen LogP contribution in [0.15, 0.2) is 0 Å². The first kappa shape index (κ1) is 10.6. The van der Waals surface area contributed by atoms with Crippen LogP contribution in [0.3, 0.4) is 0 Å². The molecule has 0 aliphatic heterocycles. The molecule has 0 unspecified atom stereocenters. The van der Waals surface area contributed by atoms with Crippen molar-refractivity contribution < 1.29 is 19.5 Å². The molecule has 0 aliphatic carbocycles. The van der Waals surface area contributed by atoms with Crippen molar-refractivity contribution in [3.63, 3.8) is 0 Å². The number of rotatable bonds is 3. The standard InChI is InChI=1S/C6H13.Zn/c1-3-5-6-4-2;/h1,3-6H2,2H3;/q-1;+2. The summed E-state index contributed by atoms with van der Waals surface area (Å²) in [5.41, 5.74) is 0. The second kappa shape index (κ2) is 9.80. The van der Waals surface area contributed by atoms with E-state index in [4.69, 9.17) is 0 Å². The summed E-state index contributed by atoms with van der Waals surface area (Å²) >= 11 is 0. The van der Waals surface area contributed by atoms with Crippen LogP contribution in [0.1, 0.15) is 32.6 Å². The smallest absolute Gasteiger partial charge is 0.343 e. The van der Waals surface area contributed by atoms with Gasteiger partial charge in [0, 0.05) is 0 Å². The fraction of sp³-hybridized carbons (Fsp3) is 0.833. The normalized spacial score (nSPS) is 7.71. The fourth-order valence-electron chi connectivity index (χ4n) is 0.427. The molecule has 0 spiro atoms. The molecule has 0 atom stereocenters. The van der Waals surface area contributed by atoms with Gasteiger partial charge in [-0.05, 0) is 0 Å². The average molecular weight is 151 g/mol. The van der Waals surface area contributed by atoms with Crippen LogP contribution in [0.2, 0.25) is 0 Å². The summed E-state index contributed by atoms with van der Waals surface area (Å²) in [4.78, 5) is 0. The minimum Gasteiger partial charge on any atom is -0.343 e. The van der Waals surface area contributed by atoms with E-state index in [-0.39, 0.29) is 19.5 Å². The van der Waals surface area contributed by atoms with Gasteiger partial charge in [0.25, 0.3) is 0 Å². The first-order chi connectivity index (χ1) is 2.91. The summed E-state index contributed by atoms with van der Waals surface area (Å²) in [5.74, 6) is 0. The maximum atomic E-state index is 3.72. The van der Waals surface area contributed by atoms with Gasteiger partial charge in [-0.25, -0.2) is 0 Å². The summed E-state index contributed by atoms with van der Waals surface area (Å²) in [6, 6.07) is 0. The molecule has 0 heterocycles. The molecule has 0 radical (unpaired) electrons. The molecule has 0 nitrogen and oxygen atoms in total. The zero-order chi connectivity index (χ0) is 4.83. The summed E-state index contributed by atoms with van der Waals surface area (Å²) in [6.07, 6.45) is 5.07. The molecular formula is C6H13Zn+. The Labute approximate surface area is 59.4 Å². The maximum Gasteiger partial charge on any atom is 2.00 e. The quantitative estimate of drug-likeness (QED) is 0.329. The third-order valence-electron chi connectivity index (χ3n) is 0.854. The zero-order valence-corrected chi connectivity index (χ0v) is 8.21. The van der Waals surface area contributed by atoms with E-state index < -0.39 is 0 Å². The summed E-state index contributed by atoms with van der Waals surface area (Å²) < 4.78 is 0. The Balaban J connectivity index is 0. The second-order valence-corrected chi connectivity index (χ2v) is 1.56. The summed E-state index contributed by atoms with van der Waals surface area (Å²) in [6.45, 7) is 5.93. The van der Waals surface area contributed by atoms with E-state index in [1.165, 1.54) is 19.3 Å². The van der Waals surface area contributed by atoms with Crippen LogP contribution in [-0.2, 0) is 19.5 Å². The van der Waals surface area contributed by atoms with Crippen LogP contribution in [0.4, 0.5) is 0 Å². The molecular weight excluding hydrogens is 137 g/mol. The van der Waals surface area contributed by atoms with Crippen molar-refractivity contribution in [3.05, 3.63) is 6.92 Å². The van der Waals surface area contributed by atoms with E-state index >= 15 is 0 Å². The topological polar surface area (TPSA) is 0 Å². The first-order valence-electron chi connectivity index (χ1n) is 2.71. The number of hydrogen-bond donors (Lipinski definition) is 0. The molecule has 0 aliphatic rings. The van der Waals surface area contributed by atoms with Crippen LogP contribution in [0, 0.1) is 6.92 Å². The Morgan fingerprint density at radius 3 is 2.00 bits per heavy atom. The number of hydrogen-bond acceptors (Lipinski definition) is 0. The molecule has 0 saturated carbocycles. The molecule has 0 saturated heterocycles. The van der Waals surface area contributed by atoms with Crippen molar-refractivity contribution in [2.45, 2.75) is 32.6 Å². The van der Waals surface area contributed by atoms with Crippen LogP contribution in [0.5, 0.6) is 0 Å². The predicted octanol–water partition coefficient (Wildman–Crippen LogP) is 2.40. The molecule has 0 fully saturated rings. The van der Waals surface area contributed by atoms with Gasteiger partial charge in [-0.2, -0.15) is 6.42 Å². The Hall–Kier alpha value is 0.623. The molecule has 0 N–H and O–H groups in total. The van der Waals surface area contributed by atoms with Crippen molar-refractivity contribution in [2.24, 2.45) is 0 Å². The van der Waals surface area contributed by atoms with Crippen molar-refractivity contribution in [3.8, 4) is 0 Å². The maximum absolute atomic E-state index is 3.72. The predicted molar refractivity (Wildman–Crippen MR) is 29.5 cm³/mol. The molecule has 0 bridgehead atoms. The Kier molecular flexibility index (Phi) is 14.8. The van der Waals surface area contributed by atoms with Gasteiger partial charge in [0.15, 0.2) is 0 Å². The number of unbranched alkanes of at least 4 members (excludes halogenated alkanes) is 3. The van der Waals surface area contributed by atoms with E-state index in [1.807, 2.05) is 0 Å². The molecule has 7 heavy (non-hydrogen) atoms. The second-order valence-electron chi connectivity index (χ2n) is 1.56. The van der Waals surface area contributed by atoms with E-state index in [1.54, 1.807) is 0 Å². The van der Waals surface area contributed by atoms with Crippen molar-refractivity contribution in [1.82, 2.24) is 0 Å². The van der Waals surface area contributed by atoms with Gasteiger partial charge in [0.1, 0.15) is 0 Å². The van der Waals surface area contributed by atoms with E-state index in [2.05, 4.69) is 13.8 Å². The third kappa shape index (κ3) is 10.8. The Morgan fingerprint density at radius 1 is 1.29 bits per heavy atom. The van der Waals surface area contributed by atoms with Gasteiger partial charge >= 0.3 is 19.5 Å². The summed E-state index contributed by atoms with van der Waals surface area (Å²) in [5, 5.41) is 0. The van der Waals surface area contributed by atoms with Crippen LogP contribution < -0.4 is 0 Å². The van der Waals surface area contributed by atoms with Gasteiger partial charge in [-0.3, -0.25) is 0 Å². The molecule has 0 aromatic heterocycles. The minimum absolute atomic E-state index is 0. The largest absolute Gasteiger partial charge is 2.00 e. The molecule has 38 valence electrons. The average Bonchev–Trinajstić information content (AvgIpc) is 1.61. The van der Waals surface area contributed by atoms with Crippen molar-refractivity contribution >= 4 is 0 Å². The van der Waals surface area contributed by atoms with Gasteiger partial charge in [0.05, 0.1) is 0 Å². The van der Waals surface area contributed by atoms with Gasteiger partial charge in [-0.1, -0.05) is 26.2 Å². The van der Waals surface area contributed by atoms with E-state index in [9.17, 15) is 0 Å². The first-order valence-corrected chi connectivity index (χ1v) is 2.71. The molecule has 0 aromatic carbocycles. The van der Waals surface area contributed by atoms with Crippen LogP contribution in [0.25, 0.3) is 0 Å². The Bertz CT molecular complexity index is 16.1.